The Balaban J connectivity index is 2.08. The zero-order valence-corrected chi connectivity index (χ0v) is 10.6. The minimum absolute atomic E-state index is 0.143. The standard InChI is InChI=1S/C11H19N3O3/c1-11(2)9(15)12(3)10(16)14(11)8-13-4-6-17-7-5-13/h4-8H2,1-3H3. The lowest BCUT2D eigenvalue weighted by Crippen LogP contribution is -2.51. The van der Waals surface area contributed by atoms with Gasteiger partial charge in [-0.2, -0.15) is 0 Å². The van der Waals surface area contributed by atoms with Gasteiger partial charge >= 0.3 is 6.03 Å². The first-order valence-corrected chi connectivity index (χ1v) is 5.84. The number of urea groups is 1. The average Bonchev–Trinajstić information content (AvgIpc) is 2.46. The normalized spacial score (nSPS) is 25.8. The number of carbonyl (C=O) groups is 2. The van der Waals surface area contributed by atoms with Crippen molar-refractivity contribution in [3.8, 4) is 0 Å². The van der Waals surface area contributed by atoms with Crippen molar-refractivity contribution < 1.29 is 14.3 Å². The largest absolute Gasteiger partial charge is 0.379 e. The highest BCUT2D eigenvalue weighted by Gasteiger charge is 2.49. The van der Waals surface area contributed by atoms with Crippen LogP contribution in [0.1, 0.15) is 13.8 Å². The van der Waals surface area contributed by atoms with E-state index in [0.717, 1.165) is 13.1 Å². The molecule has 2 saturated heterocycles. The van der Waals surface area contributed by atoms with Crippen LogP contribution < -0.4 is 0 Å². The van der Waals surface area contributed by atoms with Gasteiger partial charge in [0, 0.05) is 20.1 Å². The number of amides is 3. The molecule has 0 atom stereocenters. The van der Waals surface area contributed by atoms with E-state index in [0.29, 0.717) is 19.9 Å². The number of carbonyl (C=O) groups excluding carboxylic acids is 2. The summed E-state index contributed by atoms with van der Waals surface area (Å²) >= 11 is 0. The third-order valence-electron chi connectivity index (χ3n) is 3.47. The number of likely N-dealkylation sites (N-methyl/N-ethyl adjacent to an activating group) is 1. The van der Waals surface area contributed by atoms with E-state index in [1.165, 1.54) is 11.9 Å². The molecule has 2 fully saturated rings. The minimum Gasteiger partial charge on any atom is -0.379 e. The molecule has 0 aromatic heterocycles. The Morgan fingerprint density at radius 3 is 2.29 bits per heavy atom. The van der Waals surface area contributed by atoms with E-state index in [9.17, 15) is 9.59 Å². The molecule has 17 heavy (non-hydrogen) atoms. The minimum atomic E-state index is -0.746. The molecule has 6 nitrogen and oxygen atoms in total. The van der Waals surface area contributed by atoms with Crippen LogP contribution in [-0.4, -0.2) is 72.2 Å². The SMILES string of the molecule is CN1C(=O)N(CN2CCOCC2)C(C)(C)C1=O. The summed E-state index contributed by atoms with van der Waals surface area (Å²) in [4.78, 5) is 28.8. The van der Waals surface area contributed by atoms with E-state index < -0.39 is 5.54 Å². The van der Waals surface area contributed by atoms with Crippen molar-refractivity contribution in [2.75, 3.05) is 40.0 Å². The summed E-state index contributed by atoms with van der Waals surface area (Å²) < 4.78 is 5.26. The molecule has 0 spiro atoms. The molecular weight excluding hydrogens is 222 g/mol. The summed E-state index contributed by atoms with van der Waals surface area (Å²) in [6.45, 7) is 7.05. The van der Waals surface area contributed by atoms with Crippen LogP contribution in [0.5, 0.6) is 0 Å². The summed E-state index contributed by atoms with van der Waals surface area (Å²) in [6, 6.07) is -0.216. The van der Waals surface area contributed by atoms with Crippen molar-refractivity contribution in [2.24, 2.45) is 0 Å². The van der Waals surface area contributed by atoms with Crippen LogP contribution >= 0.6 is 0 Å². The second kappa shape index (κ2) is 4.27. The van der Waals surface area contributed by atoms with Gasteiger partial charge < -0.3 is 4.74 Å². The number of ether oxygens (including phenoxy) is 1. The van der Waals surface area contributed by atoms with Crippen molar-refractivity contribution in [1.29, 1.82) is 0 Å². The van der Waals surface area contributed by atoms with Crippen LogP contribution in [0.3, 0.4) is 0 Å². The van der Waals surface area contributed by atoms with Gasteiger partial charge in [-0.25, -0.2) is 4.79 Å². The average molecular weight is 241 g/mol. The van der Waals surface area contributed by atoms with Crippen molar-refractivity contribution in [2.45, 2.75) is 19.4 Å². The highest BCUT2D eigenvalue weighted by molar-refractivity contribution is 6.06. The Morgan fingerprint density at radius 2 is 1.82 bits per heavy atom. The maximum atomic E-state index is 12.0. The van der Waals surface area contributed by atoms with Crippen LogP contribution in [0.2, 0.25) is 0 Å². The highest BCUT2D eigenvalue weighted by atomic mass is 16.5. The fourth-order valence-electron chi connectivity index (χ4n) is 2.21. The van der Waals surface area contributed by atoms with E-state index in [2.05, 4.69) is 4.90 Å². The number of morpholine rings is 1. The summed E-state index contributed by atoms with van der Waals surface area (Å²) in [7, 11) is 1.53. The predicted molar refractivity (Wildman–Crippen MR) is 61.3 cm³/mol. The molecule has 0 N–H and O–H groups in total. The summed E-state index contributed by atoms with van der Waals surface area (Å²) in [5.41, 5.74) is -0.746. The fourth-order valence-corrected chi connectivity index (χ4v) is 2.21. The number of hydrogen-bond donors (Lipinski definition) is 0. The lowest BCUT2D eigenvalue weighted by molar-refractivity contribution is -0.131. The summed E-state index contributed by atoms with van der Waals surface area (Å²) in [6.07, 6.45) is 0. The molecule has 2 rings (SSSR count). The van der Waals surface area contributed by atoms with Gasteiger partial charge in [0.1, 0.15) is 5.54 Å². The Hall–Kier alpha value is -1.14. The van der Waals surface area contributed by atoms with E-state index in [-0.39, 0.29) is 11.9 Å². The fraction of sp³-hybridized carbons (Fsp3) is 0.818. The topological polar surface area (TPSA) is 53.1 Å². The van der Waals surface area contributed by atoms with Gasteiger partial charge in [0.25, 0.3) is 5.91 Å². The molecule has 0 aromatic carbocycles. The molecule has 2 aliphatic heterocycles. The number of rotatable bonds is 2. The smallest absolute Gasteiger partial charge is 0.328 e. The van der Waals surface area contributed by atoms with E-state index in [1.54, 1.807) is 18.7 Å². The molecule has 96 valence electrons. The monoisotopic (exact) mass is 241 g/mol. The molecule has 2 heterocycles. The van der Waals surface area contributed by atoms with Gasteiger partial charge in [0.2, 0.25) is 0 Å². The number of hydrogen-bond acceptors (Lipinski definition) is 4. The molecule has 6 heteroatoms. The Bertz CT molecular complexity index is 337. The van der Waals surface area contributed by atoms with Crippen LogP contribution in [0, 0.1) is 0 Å². The first-order chi connectivity index (χ1) is 7.94. The van der Waals surface area contributed by atoms with Gasteiger partial charge in [-0.3, -0.25) is 19.5 Å². The molecule has 0 saturated carbocycles. The molecule has 0 aromatic rings. The lowest BCUT2D eigenvalue weighted by Gasteiger charge is -2.35. The van der Waals surface area contributed by atoms with Crippen molar-refractivity contribution in [1.82, 2.24) is 14.7 Å². The maximum absolute atomic E-state index is 12.0. The van der Waals surface area contributed by atoms with Crippen LogP contribution in [0.25, 0.3) is 0 Å². The van der Waals surface area contributed by atoms with Gasteiger partial charge in [0.05, 0.1) is 19.9 Å². The molecule has 0 unspecified atom stereocenters. The van der Waals surface area contributed by atoms with Gasteiger partial charge in [-0.15, -0.1) is 0 Å². The molecule has 0 bridgehead atoms. The maximum Gasteiger partial charge on any atom is 0.328 e. The van der Waals surface area contributed by atoms with Gasteiger partial charge in [0.15, 0.2) is 0 Å². The third-order valence-corrected chi connectivity index (χ3v) is 3.47. The molecular formula is C11H19N3O3. The molecule has 0 aliphatic carbocycles. The van der Waals surface area contributed by atoms with E-state index in [4.69, 9.17) is 4.74 Å². The first-order valence-electron chi connectivity index (χ1n) is 5.84. The zero-order valence-electron chi connectivity index (χ0n) is 10.6. The third kappa shape index (κ3) is 2.02. The molecule has 0 radical (unpaired) electrons. The highest BCUT2D eigenvalue weighted by Crippen LogP contribution is 2.26. The van der Waals surface area contributed by atoms with Gasteiger partial charge in [-0.05, 0) is 13.8 Å². The van der Waals surface area contributed by atoms with E-state index in [1.807, 2.05) is 0 Å². The van der Waals surface area contributed by atoms with E-state index >= 15 is 0 Å². The van der Waals surface area contributed by atoms with Crippen molar-refractivity contribution >= 4 is 11.9 Å². The lowest BCUT2D eigenvalue weighted by atomic mass is 10.1. The number of imide groups is 1. The quantitative estimate of drug-likeness (QED) is 0.636. The Labute approximate surface area is 101 Å². The number of nitrogens with zero attached hydrogens (tertiary/aromatic N) is 3. The van der Waals surface area contributed by atoms with Crippen LogP contribution in [0.4, 0.5) is 4.79 Å². The van der Waals surface area contributed by atoms with Crippen molar-refractivity contribution in [3.05, 3.63) is 0 Å². The molecule has 3 amide bonds. The van der Waals surface area contributed by atoms with Crippen LogP contribution in [0.15, 0.2) is 0 Å². The second-order valence-electron chi connectivity index (χ2n) is 5.01. The zero-order chi connectivity index (χ0) is 12.6. The van der Waals surface area contributed by atoms with Crippen molar-refractivity contribution in [3.63, 3.8) is 0 Å². The molecule has 2 aliphatic rings. The Morgan fingerprint density at radius 1 is 1.24 bits per heavy atom. The van der Waals surface area contributed by atoms with Gasteiger partial charge in [-0.1, -0.05) is 0 Å². The second-order valence-corrected chi connectivity index (χ2v) is 5.01. The Kier molecular flexibility index (Phi) is 3.09. The van der Waals surface area contributed by atoms with Crippen LogP contribution in [-0.2, 0) is 9.53 Å². The summed E-state index contributed by atoms with van der Waals surface area (Å²) in [5, 5.41) is 0. The first kappa shape index (κ1) is 12.3. The summed E-state index contributed by atoms with van der Waals surface area (Å²) in [5.74, 6) is -0.143. The predicted octanol–water partition coefficient (Wildman–Crippen LogP) is -0.0513.